The van der Waals surface area contributed by atoms with Crippen LogP contribution in [-0.2, 0) is 0 Å². The first-order valence-electron chi connectivity index (χ1n) is 5.65. The molecule has 1 aromatic carbocycles. The highest BCUT2D eigenvalue weighted by Crippen LogP contribution is 2.22. The minimum absolute atomic E-state index is 0.0383. The number of anilines is 2. The Morgan fingerprint density at radius 2 is 2.12 bits per heavy atom. The molecule has 0 spiro atoms. The second kappa shape index (κ2) is 5.19. The van der Waals surface area contributed by atoms with Crippen LogP contribution in [0.25, 0.3) is 0 Å². The van der Waals surface area contributed by atoms with Gasteiger partial charge in [-0.15, -0.1) is 0 Å². The molecule has 0 heterocycles. The Morgan fingerprint density at radius 3 is 2.59 bits per heavy atom. The number of nitrogens with one attached hydrogen (secondary N) is 1. The van der Waals surface area contributed by atoms with Crippen LogP contribution in [0.1, 0.15) is 37.6 Å². The lowest BCUT2D eigenvalue weighted by Gasteiger charge is -2.27. The number of aliphatic hydroxyl groups excluding tert-OH is 1. The SMILES string of the molecule is CC(=O)c1ccc(NC(C)(C)CCO)cc1N. The molecule has 0 saturated heterocycles. The van der Waals surface area contributed by atoms with Crippen molar-refractivity contribution in [1.82, 2.24) is 0 Å². The van der Waals surface area contributed by atoms with Gasteiger partial charge in [-0.1, -0.05) is 0 Å². The van der Waals surface area contributed by atoms with Gasteiger partial charge in [0, 0.05) is 29.1 Å². The number of nitrogen functional groups attached to an aromatic ring is 1. The van der Waals surface area contributed by atoms with E-state index in [-0.39, 0.29) is 17.9 Å². The summed E-state index contributed by atoms with van der Waals surface area (Å²) in [4.78, 5) is 11.2. The van der Waals surface area contributed by atoms with Crippen LogP contribution >= 0.6 is 0 Å². The highest BCUT2D eigenvalue weighted by molar-refractivity contribution is 5.99. The lowest BCUT2D eigenvalue weighted by atomic mass is 10.00. The number of nitrogens with two attached hydrogens (primary N) is 1. The van der Waals surface area contributed by atoms with Crippen LogP contribution in [0.2, 0.25) is 0 Å². The highest BCUT2D eigenvalue weighted by atomic mass is 16.3. The lowest BCUT2D eigenvalue weighted by molar-refractivity contribution is 0.101. The maximum atomic E-state index is 11.2. The van der Waals surface area contributed by atoms with Crippen molar-refractivity contribution in [3.63, 3.8) is 0 Å². The van der Waals surface area contributed by atoms with E-state index in [0.717, 1.165) is 5.69 Å². The van der Waals surface area contributed by atoms with E-state index in [1.807, 2.05) is 19.9 Å². The number of carbonyl (C=O) groups excluding carboxylic acids is 1. The molecular weight excluding hydrogens is 216 g/mol. The number of benzene rings is 1. The van der Waals surface area contributed by atoms with E-state index in [4.69, 9.17) is 10.8 Å². The van der Waals surface area contributed by atoms with E-state index in [0.29, 0.717) is 17.7 Å². The predicted molar refractivity (Wildman–Crippen MR) is 70.3 cm³/mol. The zero-order valence-electron chi connectivity index (χ0n) is 10.6. The van der Waals surface area contributed by atoms with Crippen LogP contribution in [-0.4, -0.2) is 23.0 Å². The molecule has 1 aromatic rings. The number of ketones is 1. The van der Waals surface area contributed by atoms with E-state index in [9.17, 15) is 4.79 Å². The molecular formula is C13H20N2O2. The van der Waals surface area contributed by atoms with Gasteiger partial charge in [0.15, 0.2) is 5.78 Å². The Labute approximate surface area is 102 Å². The first-order chi connectivity index (χ1) is 7.85. The Balaban J connectivity index is 2.88. The normalized spacial score (nSPS) is 11.3. The summed E-state index contributed by atoms with van der Waals surface area (Å²) in [5.41, 5.74) is 7.46. The minimum atomic E-state index is -0.209. The van der Waals surface area contributed by atoms with Gasteiger partial charge < -0.3 is 16.2 Å². The van der Waals surface area contributed by atoms with Crippen LogP contribution in [0.3, 0.4) is 0 Å². The van der Waals surface area contributed by atoms with Gasteiger partial charge in [0.05, 0.1) is 0 Å². The second-order valence-corrected chi connectivity index (χ2v) is 4.84. The first kappa shape index (κ1) is 13.5. The molecule has 4 N–H and O–H groups in total. The molecule has 1 rings (SSSR count). The van der Waals surface area contributed by atoms with E-state index in [1.165, 1.54) is 6.92 Å². The average Bonchev–Trinajstić information content (AvgIpc) is 2.15. The van der Waals surface area contributed by atoms with Crippen LogP contribution in [0, 0.1) is 0 Å². The number of hydrogen-bond acceptors (Lipinski definition) is 4. The molecule has 0 aliphatic rings. The Bertz CT molecular complexity index is 414. The Kier molecular flexibility index (Phi) is 4.12. The standard InChI is InChI=1S/C13H20N2O2/c1-9(17)11-5-4-10(8-12(11)14)15-13(2,3)6-7-16/h4-5,8,15-16H,6-7,14H2,1-3H3. The lowest BCUT2D eigenvalue weighted by Crippen LogP contribution is -2.31. The molecule has 0 aliphatic heterocycles. The topological polar surface area (TPSA) is 75.3 Å². The summed E-state index contributed by atoms with van der Waals surface area (Å²) >= 11 is 0. The summed E-state index contributed by atoms with van der Waals surface area (Å²) in [5, 5.41) is 12.2. The van der Waals surface area contributed by atoms with E-state index < -0.39 is 0 Å². The molecule has 0 radical (unpaired) electrons. The van der Waals surface area contributed by atoms with Gasteiger partial charge in [0.2, 0.25) is 0 Å². The number of Topliss-reactive ketones (excluding diaryl/α,β-unsaturated/α-hetero) is 1. The Morgan fingerprint density at radius 1 is 1.47 bits per heavy atom. The summed E-state index contributed by atoms with van der Waals surface area (Å²) < 4.78 is 0. The van der Waals surface area contributed by atoms with Crippen molar-refractivity contribution in [3.8, 4) is 0 Å². The molecule has 0 amide bonds. The van der Waals surface area contributed by atoms with Gasteiger partial charge in [-0.25, -0.2) is 0 Å². The van der Waals surface area contributed by atoms with Gasteiger partial charge in [-0.2, -0.15) is 0 Å². The molecule has 0 saturated carbocycles. The molecule has 0 unspecified atom stereocenters. The molecule has 0 fully saturated rings. The summed E-state index contributed by atoms with van der Waals surface area (Å²) in [6.45, 7) is 5.62. The van der Waals surface area contributed by atoms with Crippen LogP contribution in [0.4, 0.5) is 11.4 Å². The van der Waals surface area contributed by atoms with Crippen molar-refractivity contribution < 1.29 is 9.90 Å². The van der Waals surface area contributed by atoms with E-state index >= 15 is 0 Å². The maximum Gasteiger partial charge on any atom is 0.161 e. The molecule has 0 atom stereocenters. The van der Waals surface area contributed by atoms with Gasteiger partial charge in [0.1, 0.15) is 0 Å². The fourth-order valence-corrected chi connectivity index (χ4v) is 1.69. The summed E-state index contributed by atoms with van der Waals surface area (Å²) in [6.07, 6.45) is 0.640. The van der Waals surface area contributed by atoms with Crippen molar-refractivity contribution in [2.24, 2.45) is 0 Å². The quantitative estimate of drug-likeness (QED) is 0.540. The molecule has 0 bridgehead atoms. The number of carbonyl (C=O) groups is 1. The number of rotatable bonds is 5. The summed E-state index contributed by atoms with van der Waals surface area (Å²) in [7, 11) is 0. The number of aliphatic hydroxyl groups is 1. The fourth-order valence-electron chi connectivity index (χ4n) is 1.69. The second-order valence-electron chi connectivity index (χ2n) is 4.84. The molecule has 0 aliphatic carbocycles. The smallest absolute Gasteiger partial charge is 0.161 e. The third kappa shape index (κ3) is 3.75. The van der Waals surface area contributed by atoms with E-state index in [1.54, 1.807) is 12.1 Å². The van der Waals surface area contributed by atoms with Crippen molar-refractivity contribution in [2.75, 3.05) is 17.7 Å². The molecule has 17 heavy (non-hydrogen) atoms. The first-order valence-corrected chi connectivity index (χ1v) is 5.65. The fraction of sp³-hybridized carbons (Fsp3) is 0.462. The molecule has 94 valence electrons. The van der Waals surface area contributed by atoms with Gasteiger partial charge in [0.25, 0.3) is 0 Å². The monoisotopic (exact) mass is 236 g/mol. The third-order valence-electron chi connectivity index (χ3n) is 2.65. The Hall–Kier alpha value is -1.55. The van der Waals surface area contributed by atoms with Gasteiger partial charge in [-0.3, -0.25) is 4.79 Å². The van der Waals surface area contributed by atoms with Crippen LogP contribution < -0.4 is 11.1 Å². The predicted octanol–water partition coefficient (Wildman–Crippen LogP) is 2.04. The highest BCUT2D eigenvalue weighted by Gasteiger charge is 2.17. The van der Waals surface area contributed by atoms with Gasteiger partial charge >= 0.3 is 0 Å². The van der Waals surface area contributed by atoms with Crippen molar-refractivity contribution in [2.45, 2.75) is 32.7 Å². The van der Waals surface area contributed by atoms with E-state index in [2.05, 4.69) is 5.32 Å². The molecule has 4 nitrogen and oxygen atoms in total. The zero-order chi connectivity index (χ0) is 13.1. The minimum Gasteiger partial charge on any atom is -0.398 e. The van der Waals surface area contributed by atoms with Crippen molar-refractivity contribution in [3.05, 3.63) is 23.8 Å². The summed E-state index contributed by atoms with van der Waals surface area (Å²) in [5.74, 6) is -0.0383. The third-order valence-corrected chi connectivity index (χ3v) is 2.65. The van der Waals surface area contributed by atoms with Gasteiger partial charge in [-0.05, 0) is 45.4 Å². The molecule has 4 heteroatoms. The largest absolute Gasteiger partial charge is 0.398 e. The molecule has 0 aromatic heterocycles. The average molecular weight is 236 g/mol. The van der Waals surface area contributed by atoms with Crippen molar-refractivity contribution in [1.29, 1.82) is 0 Å². The number of hydrogen-bond donors (Lipinski definition) is 3. The van der Waals surface area contributed by atoms with Crippen molar-refractivity contribution >= 4 is 17.2 Å². The van der Waals surface area contributed by atoms with Crippen LogP contribution in [0.15, 0.2) is 18.2 Å². The summed E-state index contributed by atoms with van der Waals surface area (Å²) in [6, 6.07) is 5.29. The maximum absolute atomic E-state index is 11.2. The zero-order valence-corrected chi connectivity index (χ0v) is 10.6. The van der Waals surface area contributed by atoms with Crippen LogP contribution in [0.5, 0.6) is 0 Å².